The van der Waals surface area contributed by atoms with Crippen LogP contribution in [-0.4, -0.2) is 61.4 Å². The van der Waals surface area contributed by atoms with E-state index in [1.165, 1.54) is 32.4 Å². The molecule has 2 heterocycles. The number of piperidine rings is 1. The molecule has 0 unspecified atom stereocenters. The Balaban J connectivity index is 1.69. The van der Waals surface area contributed by atoms with Gasteiger partial charge in [-0.05, 0) is 38.2 Å². The number of nitrogens with zero attached hydrogens (tertiary/aromatic N) is 2. The van der Waals surface area contributed by atoms with Crippen molar-refractivity contribution in [1.82, 2.24) is 20.4 Å². The van der Waals surface area contributed by atoms with Gasteiger partial charge in [0, 0.05) is 37.3 Å². The van der Waals surface area contributed by atoms with Crippen molar-refractivity contribution in [3.05, 3.63) is 36.2 Å². The molecule has 0 aliphatic carbocycles. The molecule has 2 amide bonds. The third-order valence-electron chi connectivity index (χ3n) is 4.32. The molecular formula is C18H28N4O2. The van der Waals surface area contributed by atoms with Crippen LogP contribution in [0.2, 0.25) is 0 Å². The fourth-order valence-corrected chi connectivity index (χ4v) is 2.89. The van der Waals surface area contributed by atoms with Gasteiger partial charge in [-0.1, -0.05) is 19.1 Å². The molecule has 0 aromatic rings. The maximum Gasteiger partial charge on any atom is 0.321 e. The lowest BCUT2D eigenvalue weighted by Gasteiger charge is -2.28. The van der Waals surface area contributed by atoms with Crippen LogP contribution in [0.4, 0.5) is 4.79 Å². The second-order valence-corrected chi connectivity index (χ2v) is 6.28. The van der Waals surface area contributed by atoms with Crippen LogP contribution in [0, 0.1) is 0 Å². The first-order valence-electron chi connectivity index (χ1n) is 8.69. The van der Waals surface area contributed by atoms with Crippen molar-refractivity contribution < 1.29 is 9.59 Å². The van der Waals surface area contributed by atoms with Gasteiger partial charge in [0.25, 0.3) is 0 Å². The zero-order valence-corrected chi connectivity index (χ0v) is 14.3. The van der Waals surface area contributed by atoms with Crippen LogP contribution in [0.3, 0.4) is 0 Å². The summed E-state index contributed by atoms with van der Waals surface area (Å²) in [4.78, 5) is 27.1. The zero-order valence-electron chi connectivity index (χ0n) is 14.3. The molecule has 2 N–H and O–H groups in total. The molecular weight excluding hydrogens is 304 g/mol. The van der Waals surface area contributed by atoms with Crippen molar-refractivity contribution in [3.63, 3.8) is 0 Å². The molecule has 6 heteroatoms. The summed E-state index contributed by atoms with van der Waals surface area (Å²) in [7, 11) is 0. The second kappa shape index (κ2) is 9.93. The fourth-order valence-electron chi connectivity index (χ4n) is 2.89. The average molecular weight is 332 g/mol. The van der Waals surface area contributed by atoms with Crippen LogP contribution in [0.5, 0.6) is 0 Å². The van der Waals surface area contributed by atoms with E-state index in [9.17, 15) is 9.59 Å². The van der Waals surface area contributed by atoms with Crippen molar-refractivity contribution in [3.8, 4) is 0 Å². The van der Waals surface area contributed by atoms with Gasteiger partial charge in [0.1, 0.15) is 6.29 Å². The minimum absolute atomic E-state index is 0.192. The number of carbonyl (C=O) groups excluding carboxylic acids is 2. The van der Waals surface area contributed by atoms with Gasteiger partial charge < -0.3 is 20.4 Å². The minimum atomic E-state index is -0.192. The first-order chi connectivity index (χ1) is 11.7. The van der Waals surface area contributed by atoms with Crippen molar-refractivity contribution in [1.29, 1.82) is 0 Å². The molecule has 0 aromatic heterocycles. The second-order valence-electron chi connectivity index (χ2n) is 6.28. The fraction of sp³-hybridized carbons (Fsp3) is 0.556. The van der Waals surface area contributed by atoms with Crippen molar-refractivity contribution in [2.24, 2.45) is 0 Å². The van der Waals surface area contributed by atoms with Gasteiger partial charge in [0.2, 0.25) is 0 Å². The SMILES string of the molecule is C=C1CCN(C/C(C=O)=C/C=C\NCCN2CCCCC2)C(=O)N1. The number of carbonyl (C=O) groups is 2. The van der Waals surface area contributed by atoms with Crippen LogP contribution in [0.25, 0.3) is 0 Å². The maximum atomic E-state index is 11.8. The lowest BCUT2D eigenvalue weighted by Crippen LogP contribution is -2.45. The summed E-state index contributed by atoms with van der Waals surface area (Å²) in [6.45, 7) is 9.00. The highest BCUT2D eigenvalue weighted by Gasteiger charge is 2.20. The Bertz CT molecular complexity index is 507. The number of aldehydes is 1. The summed E-state index contributed by atoms with van der Waals surface area (Å²) in [5.74, 6) is 0. The Morgan fingerprint density at radius 1 is 1.25 bits per heavy atom. The molecule has 2 aliphatic heterocycles. The molecule has 2 aliphatic rings. The quantitative estimate of drug-likeness (QED) is 0.307. The van der Waals surface area contributed by atoms with E-state index in [1.807, 2.05) is 12.3 Å². The number of likely N-dealkylation sites (tertiary alicyclic amines) is 1. The van der Waals surface area contributed by atoms with E-state index in [4.69, 9.17) is 0 Å². The Morgan fingerprint density at radius 3 is 2.75 bits per heavy atom. The summed E-state index contributed by atoms with van der Waals surface area (Å²) in [6, 6.07) is -0.192. The third kappa shape index (κ3) is 6.20. The summed E-state index contributed by atoms with van der Waals surface area (Å²) in [5, 5.41) is 5.93. The maximum absolute atomic E-state index is 11.8. The van der Waals surface area contributed by atoms with Gasteiger partial charge in [0.05, 0.1) is 6.54 Å². The molecule has 0 bridgehead atoms. The molecule has 6 nitrogen and oxygen atoms in total. The van der Waals surface area contributed by atoms with Crippen LogP contribution < -0.4 is 10.6 Å². The van der Waals surface area contributed by atoms with Crippen LogP contribution in [0.1, 0.15) is 25.7 Å². The first kappa shape index (κ1) is 18.3. The molecule has 0 atom stereocenters. The smallest absolute Gasteiger partial charge is 0.321 e. The van der Waals surface area contributed by atoms with Gasteiger partial charge >= 0.3 is 6.03 Å². The van der Waals surface area contributed by atoms with Crippen LogP contribution in [0.15, 0.2) is 36.2 Å². The summed E-state index contributed by atoms with van der Waals surface area (Å²) >= 11 is 0. The van der Waals surface area contributed by atoms with Gasteiger partial charge in [-0.25, -0.2) is 4.79 Å². The molecule has 132 valence electrons. The van der Waals surface area contributed by atoms with Crippen LogP contribution in [-0.2, 0) is 4.79 Å². The van der Waals surface area contributed by atoms with E-state index < -0.39 is 0 Å². The summed E-state index contributed by atoms with van der Waals surface area (Å²) in [6.07, 6.45) is 10.9. The highest BCUT2D eigenvalue weighted by molar-refractivity contribution is 5.80. The van der Waals surface area contributed by atoms with E-state index in [0.717, 1.165) is 25.1 Å². The molecule has 0 saturated carbocycles. The number of urea groups is 1. The van der Waals surface area contributed by atoms with E-state index in [-0.39, 0.29) is 6.03 Å². The van der Waals surface area contributed by atoms with E-state index >= 15 is 0 Å². The lowest BCUT2D eigenvalue weighted by molar-refractivity contribution is -0.105. The molecule has 2 saturated heterocycles. The Morgan fingerprint density at radius 2 is 2.04 bits per heavy atom. The number of hydrogen-bond donors (Lipinski definition) is 2. The van der Waals surface area contributed by atoms with Gasteiger partial charge in [-0.15, -0.1) is 0 Å². The van der Waals surface area contributed by atoms with Gasteiger partial charge in [-0.2, -0.15) is 0 Å². The monoisotopic (exact) mass is 332 g/mol. The zero-order chi connectivity index (χ0) is 17.2. The van der Waals surface area contributed by atoms with Gasteiger partial charge in [-0.3, -0.25) is 4.79 Å². The Hall–Kier alpha value is -2.08. The first-order valence-corrected chi connectivity index (χ1v) is 8.69. The predicted molar refractivity (Wildman–Crippen MR) is 95.4 cm³/mol. The lowest BCUT2D eigenvalue weighted by atomic mass is 10.1. The summed E-state index contributed by atoms with van der Waals surface area (Å²) < 4.78 is 0. The number of allylic oxidation sites excluding steroid dienone is 2. The summed E-state index contributed by atoms with van der Waals surface area (Å²) in [5.41, 5.74) is 1.30. The average Bonchev–Trinajstić information content (AvgIpc) is 2.59. The largest absolute Gasteiger partial charge is 0.390 e. The standard InChI is InChI=1S/C18H28N4O2/c1-16-7-12-22(18(24)20-16)14-17(15-23)6-5-8-19-9-13-21-10-3-2-4-11-21/h5-6,8,15,19H,1-4,7,9-14H2,(H,20,24)/b8-5-,17-6-. The minimum Gasteiger partial charge on any atom is -0.390 e. The number of hydrogen-bond acceptors (Lipinski definition) is 4. The molecule has 24 heavy (non-hydrogen) atoms. The molecule has 0 radical (unpaired) electrons. The number of nitrogens with one attached hydrogen (secondary N) is 2. The molecule has 0 spiro atoms. The number of amides is 2. The van der Waals surface area contributed by atoms with Gasteiger partial charge in [0.15, 0.2) is 0 Å². The molecule has 2 fully saturated rings. The van der Waals surface area contributed by atoms with Crippen LogP contribution >= 0.6 is 0 Å². The van der Waals surface area contributed by atoms with Crippen molar-refractivity contribution >= 4 is 12.3 Å². The molecule has 0 aromatic carbocycles. The number of rotatable bonds is 8. The van der Waals surface area contributed by atoms with Crippen molar-refractivity contribution in [2.75, 3.05) is 39.3 Å². The van der Waals surface area contributed by atoms with E-state index in [0.29, 0.717) is 25.1 Å². The molecule has 2 rings (SSSR count). The predicted octanol–water partition coefficient (Wildman–Crippen LogP) is 1.63. The Labute approximate surface area is 144 Å². The normalized spacial score (nSPS) is 20.3. The van der Waals surface area contributed by atoms with E-state index in [1.54, 1.807) is 11.0 Å². The topological polar surface area (TPSA) is 64.7 Å². The van der Waals surface area contributed by atoms with E-state index in [2.05, 4.69) is 22.1 Å². The highest BCUT2D eigenvalue weighted by Crippen LogP contribution is 2.09. The highest BCUT2D eigenvalue weighted by atomic mass is 16.2. The van der Waals surface area contributed by atoms with Crippen molar-refractivity contribution in [2.45, 2.75) is 25.7 Å². The Kier molecular flexibility index (Phi) is 7.55. The third-order valence-corrected chi connectivity index (χ3v) is 4.32.